The number of nitrogens with two attached hydrogens (primary N) is 1. The van der Waals surface area contributed by atoms with E-state index in [0.29, 0.717) is 11.5 Å². The Hall–Kier alpha value is -1.92. The molecule has 1 aromatic heterocycles. The first-order valence-corrected chi connectivity index (χ1v) is 4.23. The van der Waals surface area contributed by atoms with Crippen molar-refractivity contribution in [1.82, 2.24) is 15.6 Å². The van der Waals surface area contributed by atoms with Crippen molar-refractivity contribution in [2.75, 3.05) is 0 Å². The number of hydrogen-bond acceptors (Lipinski definition) is 5. The number of benzene rings is 1. The molecule has 0 fully saturated rings. The molecule has 0 atom stereocenters. The van der Waals surface area contributed by atoms with Crippen LogP contribution in [0.25, 0.3) is 11.5 Å². The number of halogens is 1. The molecule has 0 amide bonds. The summed E-state index contributed by atoms with van der Waals surface area (Å²) in [5.74, 6) is 5.70. The smallest absolute Gasteiger partial charge is 0.247 e. The fourth-order valence-corrected chi connectivity index (χ4v) is 1.19. The fourth-order valence-electron chi connectivity index (χ4n) is 1.19. The number of nitrogens with zero attached hydrogens (tertiary/aromatic N) is 2. The standard InChI is InChI=1S/C9H9N5O.ClH/c10-8(13-11)6-2-1-3-7(4-6)9-14-12-5-15-9;/h1-5H,11H2,(H2,10,13);1H. The monoisotopic (exact) mass is 239 g/mol. The van der Waals surface area contributed by atoms with Gasteiger partial charge in [0.05, 0.1) is 0 Å². The van der Waals surface area contributed by atoms with Gasteiger partial charge < -0.3 is 9.84 Å². The lowest BCUT2D eigenvalue weighted by Crippen LogP contribution is -2.29. The third kappa shape index (κ3) is 2.36. The van der Waals surface area contributed by atoms with E-state index in [4.69, 9.17) is 15.7 Å². The zero-order chi connectivity index (χ0) is 10.7. The topological polar surface area (TPSA) is 101 Å². The van der Waals surface area contributed by atoms with Crippen LogP contribution >= 0.6 is 12.4 Å². The van der Waals surface area contributed by atoms with Crippen LogP contribution in [0, 0.1) is 5.41 Å². The van der Waals surface area contributed by atoms with Gasteiger partial charge in [-0.25, -0.2) is 5.84 Å². The lowest BCUT2D eigenvalue weighted by atomic mass is 10.1. The summed E-state index contributed by atoms with van der Waals surface area (Å²) in [7, 11) is 0. The van der Waals surface area contributed by atoms with E-state index < -0.39 is 0 Å². The molecule has 1 heterocycles. The van der Waals surface area contributed by atoms with Crippen molar-refractivity contribution in [2.24, 2.45) is 5.84 Å². The molecule has 0 aliphatic heterocycles. The van der Waals surface area contributed by atoms with Gasteiger partial charge in [-0.05, 0) is 12.1 Å². The Balaban J connectivity index is 0.00000128. The Morgan fingerprint density at radius 2 is 2.25 bits per heavy atom. The van der Waals surface area contributed by atoms with Crippen LogP contribution in [0.4, 0.5) is 0 Å². The zero-order valence-electron chi connectivity index (χ0n) is 8.18. The minimum atomic E-state index is 0. The summed E-state index contributed by atoms with van der Waals surface area (Å²) in [6, 6.07) is 7.12. The molecule has 6 nitrogen and oxygen atoms in total. The van der Waals surface area contributed by atoms with Crippen LogP contribution in [-0.4, -0.2) is 16.0 Å². The maximum absolute atomic E-state index is 7.50. The Morgan fingerprint density at radius 3 is 2.88 bits per heavy atom. The van der Waals surface area contributed by atoms with Gasteiger partial charge >= 0.3 is 0 Å². The number of aromatic nitrogens is 2. The van der Waals surface area contributed by atoms with Gasteiger partial charge in [0.1, 0.15) is 5.84 Å². The van der Waals surface area contributed by atoms with Crippen LogP contribution in [0.5, 0.6) is 0 Å². The van der Waals surface area contributed by atoms with Crippen LogP contribution in [-0.2, 0) is 0 Å². The summed E-state index contributed by atoms with van der Waals surface area (Å²) in [5, 5.41) is 14.9. The second-order valence-electron chi connectivity index (χ2n) is 2.84. The molecule has 0 spiro atoms. The van der Waals surface area contributed by atoms with Crippen molar-refractivity contribution in [3.05, 3.63) is 36.2 Å². The molecule has 2 rings (SSSR count). The highest BCUT2D eigenvalue weighted by atomic mass is 35.5. The molecule has 0 bridgehead atoms. The Bertz CT molecular complexity index is 471. The SMILES string of the molecule is Cl.N=C(NN)c1cccc(-c2nnco2)c1. The fraction of sp³-hybridized carbons (Fsp3) is 0. The van der Waals surface area contributed by atoms with Gasteiger partial charge in [-0.2, -0.15) is 0 Å². The molecule has 0 aliphatic rings. The van der Waals surface area contributed by atoms with E-state index in [1.807, 2.05) is 6.07 Å². The average Bonchev–Trinajstić information content (AvgIpc) is 2.82. The largest absolute Gasteiger partial charge is 0.423 e. The number of nitrogens with one attached hydrogen (secondary N) is 2. The molecule has 16 heavy (non-hydrogen) atoms. The van der Waals surface area contributed by atoms with Crippen LogP contribution in [0.2, 0.25) is 0 Å². The summed E-state index contributed by atoms with van der Waals surface area (Å²) in [5.41, 5.74) is 3.69. The van der Waals surface area contributed by atoms with Crippen molar-refractivity contribution in [3.8, 4) is 11.5 Å². The van der Waals surface area contributed by atoms with Crippen LogP contribution in [0.1, 0.15) is 5.56 Å². The minimum absolute atomic E-state index is 0. The Morgan fingerprint density at radius 1 is 1.44 bits per heavy atom. The van der Waals surface area contributed by atoms with Gasteiger partial charge in [-0.3, -0.25) is 5.41 Å². The van der Waals surface area contributed by atoms with Crippen molar-refractivity contribution >= 4 is 18.2 Å². The van der Waals surface area contributed by atoms with Crippen molar-refractivity contribution in [2.45, 2.75) is 0 Å². The highest BCUT2D eigenvalue weighted by Crippen LogP contribution is 2.17. The zero-order valence-corrected chi connectivity index (χ0v) is 8.99. The van der Waals surface area contributed by atoms with E-state index in [-0.39, 0.29) is 18.2 Å². The molecule has 0 saturated heterocycles. The van der Waals surface area contributed by atoms with Crippen LogP contribution in [0.3, 0.4) is 0 Å². The second-order valence-corrected chi connectivity index (χ2v) is 2.84. The van der Waals surface area contributed by atoms with E-state index >= 15 is 0 Å². The van der Waals surface area contributed by atoms with E-state index in [1.54, 1.807) is 18.2 Å². The summed E-state index contributed by atoms with van der Waals surface area (Å²) in [6.07, 6.45) is 1.26. The Kier molecular flexibility index (Phi) is 3.98. The second kappa shape index (κ2) is 5.24. The Labute approximate surface area is 97.8 Å². The quantitative estimate of drug-likeness (QED) is 0.313. The number of hydrazine groups is 1. The van der Waals surface area contributed by atoms with E-state index in [1.165, 1.54) is 6.39 Å². The lowest BCUT2D eigenvalue weighted by Gasteiger charge is -2.03. The normalized spacial score (nSPS) is 9.31. The van der Waals surface area contributed by atoms with Crippen LogP contribution in [0.15, 0.2) is 35.1 Å². The molecule has 84 valence electrons. The minimum Gasteiger partial charge on any atom is -0.423 e. The van der Waals surface area contributed by atoms with E-state index in [2.05, 4.69) is 15.6 Å². The van der Waals surface area contributed by atoms with Crippen LogP contribution < -0.4 is 11.3 Å². The third-order valence-corrected chi connectivity index (χ3v) is 1.90. The first-order valence-electron chi connectivity index (χ1n) is 4.23. The van der Waals surface area contributed by atoms with Gasteiger partial charge in [0.2, 0.25) is 12.3 Å². The van der Waals surface area contributed by atoms with E-state index in [0.717, 1.165) is 5.56 Å². The first kappa shape index (κ1) is 12.2. The molecule has 7 heteroatoms. The van der Waals surface area contributed by atoms with Gasteiger partial charge in [0.15, 0.2) is 0 Å². The summed E-state index contributed by atoms with van der Waals surface area (Å²) >= 11 is 0. The van der Waals surface area contributed by atoms with Gasteiger partial charge in [0, 0.05) is 11.1 Å². The predicted octanol–water partition coefficient (Wildman–Crippen LogP) is 0.947. The summed E-state index contributed by atoms with van der Waals surface area (Å²) < 4.78 is 5.04. The highest BCUT2D eigenvalue weighted by molar-refractivity contribution is 5.96. The molecule has 1 aromatic carbocycles. The first-order chi connectivity index (χ1) is 7.31. The molecule has 0 aliphatic carbocycles. The van der Waals surface area contributed by atoms with Crippen molar-refractivity contribution in [3.63, 3.8) is 0 Å². The van der Waals surface area contributed by atoms with Crippen molar-refractivity contribution < 1.29 is 4.42 Å². The maximum atomic E-state index is 7.50. The molecular formula is C9H10ClN5O. The molecule has 0 unspecified atom stereocenters. The maximum Gasteiger partial charge on any atom is 0.247 e. The predicted molar refractivity (Wildman–Crippen MR) is 61.1 cm³/mol. The summed E-state index contributed by atoms with van der Waals surface area (Å²) in [6.45, 7) is 0. The summed E-state index contributed by atoms with van der Waals surface area (Å²) in [4.78, 5) is 0. The third-order valence-electron chi connectivity index (χ3n) is 1.90. The van der Waals surface area contributed by atoms with Gasteiger partial charge in [-0.1, -0.05) is 12.1 Å². The molecule has 4 N–H and O–H groups in total. The van der Waals surface area contributed by atoms with E-state index in [9.17, 15) is 0 Å². The average molecular weight is 240 g/mol. The van der Waals surface area contributed by atoms with Gasteiger partial charge in [0.25, 0.3) is 0 Å². The number of hydrogen-bond donors (Lipinski definition) is 3. The molecule has 2 aromatic rings. The lowest BCUT2D eigenvalue weighted by molar-refractivity contribution is 0.568. The van der Waals surface area contributed by atoms with Gasteiger partial charge in [-0.15, -0.1) is 22.6 Å². The highest BCUT2D eigenvalue weighted by Gasteiger charge is 2.05. The molecular weight excluding hydrogens is 230 g/mol. The number of rotatable bonds is 2. The molecule has 0 saturated carbocycles. The number of amidine groups is 1. The van der Waals surface area contributed by atoms with Crippen molar-refractivity contribution in [1.29, 1.82) is 5.41 Å². The molecule has 0 radical (unpaired) electrons.